The number of halogens is 1. The van der Waals surface area contributed by atoms with Gasteiger partial charge >= 0.3 is 0 Å². The molecular formula is C15H20ClNO3. The van der Waals surface area contributed by atoms with Crippen molar-refractivity contribution in [2.24, 2.45) is 5.92 Å². The maximum atomic E-state index is 12.6. The molecule has 2 rings (SSSR count). The van der Waals surface area contributed by atoms with Gasteiger partial charge in [0.2, 0.25) is 0 Å². The molecule has 1 aromatic carbocycles. The van der Waals surface area contributed by atoms with Crippen LogP contribution in [0, 0.1) is 5.92 Å². The topological polar surface area (TPSA) is 49.8 Å². The van der Waals surface area contributed by atoms with Crippen molar-refractivity contribution in [2.45, 2.75) is 25.8 Å². The van der Waals surface area contributed by atoms with Crippen LogP contribution in [0.15, 0.2) is 18.2 Å². The Morgan fingerprint density at radius 2 is 2.25 bits per heavy atom. The van der Waals surface area contributed by atoms with Crippen LogP contribution in [0.5, 0.6) is 5.75 Å². The van der Waals surface area contributed by atoms with Crippen LogP contribution in [0.2, 0.25) is 5.02 Å². The summed E-state index contributed by atoms with van der Waals surface area (Å²) < 4.78 is 5.09. The highest BCUT2D eigenvalue weighted by Gasteiger charge is 2.34. The second-order valence-corrected chi connectivity index (χ2v) is 5.64. The zero-order valence-corrected chi connectivity index (χ0v) is 12.6. The van der Waals surface area contributed by atoms with Crippen LogP contribution in [-0.2, 0) is 4.74 Å². The van der Waals surface area contributed by atoms with Gasteiger partial charge in [-0.05, 0) is 43.9 Å². The average molecular weight is 298 g/mol. The first-order valence-electron chi connectivity index (χ1n) is 6.83. The highest BCUT2D eigenvalue weighted by Crippen LogP contribution is 2.35. The van der Waals surface area contributed by atoms with Gasteiger partial charge in [0.25, 0.3) is 5.91 Å². The van der Waals surface area contributed by atoms with Gasteiger partial charge in [-0.1, -0.05) is 11.6 Å². The van der Waals surface area contributed by atoms with E-state index in [1.807, 2.05) is 4.90 Å². The number of phenolic OH excluding ortho intramolecular Hbond substituents is 1. The molecule has 1 amide bonds. The second-order valence-electron chi connectivity index (χ2n) is 5.24. The first-order valence-corrected chi connectivity index (χ1v) is 7.20. The number of carbonyl (C=O) groups excluding carboxylic acids is 1. The third kappa shape index (κ3) is 3.44. The predicted molar refractivity (Wildman–Crippen MR) is 78.2 cm³/mol. The van der Waals surface area contributed by atoms with E-state index >= 15 is 0 Å². The third-order valence-electron chi connectivity index (χ3n) is 3.79. The van der Waals surface area contributed by atoms with Gasteiger partial charge in [0, 0.05) is 25.3 Å². The molecule has 1 aromatic rings. The fraction of sp³-hybridized carbons (Fsp3) is 0.533. The zero-order valence-electron chi connectivity index (χ0n) is 11.8. The van der Waals surface area contributed by atoms with E-state index in [1.54, 1.807) is 13.2 Å². The van der Waals surface area contributed by atoms with Crippen molar-refractivity contribution in [3.05, 3.63) is 28.8 Å². The first kappa shape index (κ1) is 15.1. The average Bonchev–Trinajstić information content (AvgIpc) is 3.26. The summed E-state index contributed by atoms with van der Waals surface area (Å²) in [4.78, 5) is 14.5. The molecule has 0 spiro atoms. The second kappa shape index (κ2) is 6.46. The molecule has 110 valence electrons. The molecular weight excluding hydrogens is 278 g/mol. The maximum absolute atomic E-state index is 12.6. The zero-order chi connectivity index (χ0) is 14.7. The number of carbonyl (C=O) groups is 1. The number of nitrogens with zero attached hydrogens (tertiary/aromatic N) is 1. The van der Waals surface area contributed by atoms with Gasteiger partial charge in [-0.2, -0.15) is 0 Å². The van der Waals surface area contributed by atoms with Gasteiger partial charge in [-0.15, -0.1) is 0 Å². The van der Waals surface area contributed by atoms with Crippen LogP contribution >= 0.6 is 11.6 Å². The summed E-state index contributed by atoms with van der Waals surface area (Å²) >= 11 is 5.88. The molecule has 0 heterocycles. The van der Waals surface area contributed by atoms with Crippen LogP contribution in [0.3, 0.4) is 0 Å². The van der Waals surface area contributed by atoms with Crippen LogP contribution < -0.4 is 0 Å². The van der Waals surface area contributed by atoms with Crippen molar-refractivity contribution in [3.8, 4) is 5.75 Å². The molecule has 0 bridgehead atoms. The quantitative estimate of drug-likeness (QED) is 0.878. The van der Waals surface area contributed by atoms with Crippen LogP contribution in [0.4, 0.5) is 0 Å². The fourth-order valence-corrected chi connectivity index (χ4v) is 2.50. The number of ether oxygens (including phenoxy) is 1. The molecule has 1 unspecified atom stereocenters. The van der Waals surface area contributed by atoms with E-state index in [9.17, 15) is 9.90 Å². The lowest BCUT2D eigenvalue weighted by atomic mass is 10.1. The summed E-state index contributed by atoms with van der Waals surface area (Å²) in [5.41, 5.74) is 0.497. The molecule has 0 aliphatic heterocycles. The minimum absolute atomic E-state index is 0.0121. The number of benzene rings is 1. The summed E-state index contributed by atoms with van der Waals surface area (Å²) in [6.07, 6.45) is 2.35. The SMILES string of the molecule is COCCN(C(=O)c1ccc(O)c(Cl)c1)C(C)C1CC1. The lowest BCUT2D eigenvalue weighted by molar-refractivity contribution is 0.0594. The lowest BCUT2D eigenvalue weighted by Crippen LogP contribution is -2.42. The molecule has 0 aromatic heterocycles. The van der Waals surface area contributed by atoms with Crippen LogP contribution in [0.1, 0.15) is 30.1 Å². The summed E-state index contributed by atoms with van der Waals surface area (Å²) in [6.45, 7) is 3.15. The lowest BCUT2D eigenvalue weighted by Gasteiger charge is -2.29. The third-order valence-corrected chi connectivity index (χ3v) is 4.09. The molecule has 1 atom stereocenters. The van der Waals surface area contributed by atoms with E-state index in [-0.39, 0.29) is 22.7 Å². The van der Waals surface area contributed by atoms with Crippen molar-refractivity contribution in [3.63, 3.8) is 0 Å². The Bertz CT molecular complexity index is 488. The van der Waals surface area contributed by atoms with E-state index in [0.29, 0.717) is 24.6 Å². The number of hydrogen-bond donors (Lipinski definition) is 1. The molecule has 1 aliphatic carbocycles. The Hall–Kier alpha value is -1.26. The van der Waals surface area contributed by atoms with Gasteiger partial charge in [0.1, 0.15) is 5.75 Å². The molecule has 1 aliphatic rings. The minimum atomic E-state index is -0.0663. The van der Waals surface area contributed by atoms with Crippen molar-refractivity contribution in [2.75, 3.05) is 20.3 Å². The number of hydrogen-bond acceptors (Lipinski definition) is 3. The first-order chi connectivity index (χ1) is 9.54. The smallest absolute Gasteiger partial charge is 0.254 e. The number of methoxy groups -OCH3 is 1. The Balaban J connectivity index is 2.17. The largest absolute Gasteiger partial charge is 0.506 e. The Kier molecular flexibility index (Phi) is 4.89. The van der Waals surface area contributed by atoms with Gasteiger partial charge in [-0.3, -0.25) is 4.79 Å². The monoisotopic (exact) mass is 297 g/mol. The number of rotatable bonds is 6. The number of amides is 1. The summed E-state index contributed by atoms with van der Waals surface area (Å²) in [7, 11) is 1.63. The van der Waals surface area contributed by atoms with Gasteiger partial charge in [0.15, 0.2) is 0 Å². The van der Waals surface area contributed by atoms with Gasteiger partial charge < -0.3 is 14.7 Å². The summed E-state index contributed by atoms with van der Waals surface area (Å²) in [6, 6.07) is 4.76. The van der Waals surface area contributed by atoms with Crippen molar-refractivity contribution in [1.29, 1.82) is 0 Å². The van der Waals surface area contributed by atoms with Crippen LogP contribution in [0.25, 0.3) is 0 Å². The van der Waals surface area contributed by atoms with E-state index in [0.717, 1.165) is 0 Å². The Morgan fingerprint density at radius 1 is 1.55 bits per heavy atom. The minimum Gasteiger partial charge on any atom is -0.506 e. The molecule has 1 saturated carbocycles. The molecule has 1 N–H and O–H groups in total. The van der Waals surface area contributed by atoms with E-state index < -0.39 is 0 Å². The van der Waals surface area contributed by atoms with E-state index in [2.05, 4.69) is 6.92 Å². The van der Waals surface area contributed by atoms with E-state index in [4.69, 9.17) is 16.3 Å². The molecule has 20 heavy (non-hydrogen) atoms. The molecule has 1 fully saturated rings. The van der Waals surface area contributed by atoms with Crippen molar-refractivity contribution < 1.29 is 14.6 Å². The van der Waals surface area contributed by atoms with Crippen LogP contribution in [-0.4, -0.2) is 42.2 Å². The van der Waals surface area contributed by atoms with Crippen molar-refractivity contribution in [1.82, 2.24) is 4.90 Å². The Labute approximate surface area is 124 Å². The molecule has 0 radical (unpaired) electrons. The van der Waals surface area contributed by atoms with Crippen molar-refractivity contribution >= 4 is 17.5 Å². The molecule has 0 saturated heterocycles. The Morgan fingerprint density at radius 3 is 2.80 bits per heavy atom. The maximum Gasteiger partial charge on any atom is 0.254 e. The summed E-state index contributed by atoms with van der Waals surface area (Å²) in [5.74, 6) is 0.508. The highest BCUT2D eigenvalue weighted by molar-refractivity contribution is 6.32. The number of phenols is 1. The van der Waals surface area contributed by atoms with Gasteiger partial charge in [0.05, 0.1) is 11.6 Å². The standard InChI is InChI=1S/C15H20ClNO3/c1-10(11-3-4-11)17(7-8-20-2)15(19)12-5-6-14(18)13(16)9-12/h5-6,9-11,18H,3-4,7-8H2,1-2H3. The van der Waals surface area contributed by atoms with E-state index in [1.165, 1.54) is 25.0 Å². The summed E-state index contributed by atoms with van der Waals surface area (Å²) in [5, 5.41) is 9.63. The van der Waals surface area contributed by atoms with Gasteiger partial charge in [-0.25, -0.2) is 0 Å². The normalized spacial score (nSPS) is 15.9. The highest BCUT2D eigenvalue weighted by atomic mass is 35.5. The predicted octanol–water partition coefficient (Wildman–Crippen LogP) is 2.93. The molecule has 5 heteroatoms. The number of aromatic hydroxyl groups is 1. The fourth-order valence-electron chi connectivity index (χ4n) is 2.32. The molecule has 4 nitrogen and oxygen atoms in total.